The van der Waals surface area contributed by atoms with E-state index in [1.165, 1.54) is 10.4 Å². The molecular formula is C29H33N2O3Si+. The van der Waals surface area contributed by atoms with Gasteiger partial charge in [-0.1, -0.05) is 18.3 Å². The monoisotopic (exact) mass is 485 g/mol. The fourth-order valence-corrected chi connectivity index (χ4v) is 8.22. The van der Waals surface area contributed by atoms with Crippen LogP contribution < -0.4 is 14.8 Å². The molecule has 4 rings (SSSR count). The molecule has 1 aliphatic heterocycles. The van der Waals surface area contributed by atoms with Crippen LogP contribution in [0, 0.1) is 6.92 Å². The summed E-state index contributed by atoms with van der Waals surface area (Å²) in [6.45, 7) is 8.63. The fraction of sp³-hybridized carbons (Fsp3) is 0.241. The van der Waals surface area contributed by atoms with Gasteiger partial charge in [0.25, 0.3) is 0 Å². The minimum atomic E-state index is -2.30. The molecule has 1 N–H and O–H groups in total. The first kappa shape index (κ1) is 24.5. The lowest BCUT2D eigenvalue weighted by Crippen LogP contribution is -2.51. The zero-order valence-corrected chi connectivity index (χ0v) is 22.6. The van der Waals surface area contributed by atoms with Crippen molar-refractivity contribution in [2.45, 2.75) is 13.5 Å². The summed E-state index contributed by atoms with van der Waals surface area (Å²) < 4.78 is 7.92. The second-order valence-corrected chi connectivity index (χ2v) is 13.6. The van der Waals surface area contributed by atoms with Crippen molar-refractivity contribution in [1.29, 1.82) is 0 Å². The third kappa shape index (κ3) is 3.88. The maximum atomic E-state index is 11.8. The average molecular weight is 486 g/mol. The summed E-state index contributed by atoms with van der Waals surface area (Å²) in [6.07, 6.45) is 6.63. The molecule has 2 aliphatic rings. The van der Waals surface area contributed by atoms with Gasteiger partial charge in [0.2, 0.25) is 0 Å². The van der Waals surface area contributed by atoms with Crippen LogP contribution in [-0.4, -0.2) is 64.7 Å². The molecule has 5 nitrogen and oxygen atoms in total. The van der Waals surface area contributed by atoms with Gasteiger partial charge in [-0.2, -0.15) is 0 Å². The molecule has 6 heteroatoms. The minimum absolute atomic E-state index is 0.219. The van der Waals surface area contributed by atoms with Crippen molar-refractivity contribution < 1.29 is 19.2 Å². The number of anilines is 1. The number of methoxy groups -OCH3 is 1. The van der Waals surface area contributed by atoms with Crippen molar-refractivity contribution >= 4 is 36.2 Å². The van der Waals surface area contributed by atoms with Crippen LogP contribution in [0.3, 0.4) is 0 Å². The van der Waals surface area contributed by atoms with Crippen molar-refractivity contribution in [2.75, 3.05) is 40.2 Å². The molecule has 0 radical (unpaired) electrons. The molecule has 0 bridgehead atoms. The number of carbonyl (C=O) groups is 1. The van der Waals surface area contributed by atoms with Crippen LogP contribution >= 0.6 is 0 Å². The van der Waals surface area contributed by atoms with E-state index < -0.39 is 14.0 Å². The summed E-state index contributed by atoms with van der Waals surface area (Å²) in [4.78, 5) is 13.9. The molecule has 1 atom stereocenters. The highest BCUT2D eigenvalue weighted by molar-refractivity contribution is 7.02. The standard InChI is InChI=1S/C29H32N2O3Si/c1-9-35(8)25-16-20(30(3)4)10-12-22(25)28(23-13-11-21(31(5)6)17-26(23)35)27-18(2)14-19(29(32)33)15-24(27)34-7/h9-17H,1H2,2-8H3/p+1. The number of rotatable bonds is 5. The van der Waals surface area contributed by atoms with Crippen LogP contribution in [0.25, 0.3) is 5.57 Å². The van der Waals surface area contributed by atoms with Crippen LogP contribution in [0.15, 0.2) is 71.6 Å². The van der Waals surface area contributed by atoms with E-state index in [9.17, 15) is 9.90 Å². The third-order valence-corrected chi connectivity index (χ3v) is 11.0. The van der Waals surface area contributed by atoms with Crippen molar-refractivity contribution in [2.24, 2.45) is 0 Å². The number of carboxylic acid groups (broad SMARTS) is 1. The molecule has 1 aliphatic carbocycles. The Kier molecular flexibility index (Phi) is 6.19. The van der Waals surface area contributed by atoms with E-state index in [-0.39, 0.29) is 5.56 Å². The van der Waals surface area contributed by atoms with E-state index >= 15 is 0 Å². The molecule has 0 saturated heterocycles. The molecular weight excluding hydrogens is 452 g/mol. The predicted molar refractivity (Wildman–Crippen MR) is 147 cm³/mol. The SMILES string of the molecule is C=C[Si]1(C)C2=CC(=[N+](C)C)C=CC2=C(c2c(C)cc(C(=O)O)cc2OC)c2ccc(N(C)C)cc21. The molecule has 0 spiro atoms. The fourth-order valence-electron chi connectivity index (χ4n) is 5.06. The third-order valence-electron chi connectivity index (χ3n) is 7.12. The lowest BCUT2D eigenvalue weighted by atomic mass is 9.86. The smallest absolute Gasteiger partial charge is 0.335 e. The predicted octanol–water partition coefficient (Wildman–Crippen LogP) is 4.34. The van der Waals surface area contributed by atoms with Crippen LogP contribution in [0.4, 0.5) is 5.69 Å². The molecule has 1 unspecified atom stereocenters. The van der Waals surface area contributed by atoms with Gasteiger partial charge in [-0.3, -0.25) is 0 Å². The van der Waals surface area contributed by atoms with E-state index in [2.05, 4.69) is 92.9 Å². The first-order chi connectivity index (χ1) is 16.5. The number of hydrogen-bond acceptors (Lipinski definition) is 3. The molecule has 0 saturated carbocycles. The molecule has 0 amide bonds. The Labute approximate surface area is 208 Å². The molecule has 180 valence electrons. The van der Waals surface area contributed by atoms with Gasteiger partial charge in [-0.25, -0.2) is 9.37 Å². The summed E-state index contributed by atoms with van der Waals surface area (Å²) in [5.41, 5.74) is 9.83. The van der Waals surface area contributed by atoms with Gasteiger partial charge in [-0.05, 0) is 69.9 Å². The Hall–Kier alpha value is -3.64. The number of aryl methyl sites for hydroxylation is 1. The highest BCUT2D eigenvalue weighted by atomic mass is 28.3. The molecule has 0 aromatic heterocycles. The van der Waals surface area contributed by atoms with Crippen molar-refractivity contribution in [1.82, 2.24) is 0 Å². The number of nitrogens with zero attached hydrogens (tertiary/aromatic N) is 2. The van der Waals surface area contributed by atoms with E-state index in [4.69, 9.17) is 4.74 Å². The Bertz CT molecular complexity index is 1390. The van der Waals surface area contributed by atoms with Gasteiger partial charge >= 0.3 is 5.97 Å². The Balaban J connectivity index is 2.18. The highest BCUT2D eigenvalue weighted by Gasteiger charge is 2.42. The maximum Gasteiger partial charge on any atom is 0.335 e. The Morgan fingerprint density at radius 1 is 1.17 bits per heavy atom. The van der Waals surface area contributed by atoms with Gasteiger partial charge in [0, 0.05) is 37.5 Å². The van der Waals surface area contributed by atoms with E-state index in [1.807, 2.05) is 6.92 Å². The zero-order valence-electron chi connectivity index (χ0n) is 21.6. The average Bonchev–Trinajstić information content (AvgIpc) is 2.83. The van der Waals surface area contributed by atoms with Gasteiger partial charge in [-0.15, -0.1) is 6.58 Å². The van der Waals surface area contributed by atoms with Gasteiger partial charge in [0.1, 0.15) is 27.9 Å². The maximum absolute atomic E-state index is 11.8. The number of ether oxygens (including phenoxy) is 1. The van der Waals surface area contributed by atoms with Crippen molar-refractivity contribution in [3.05, 3.63) is 93.9 Å². The Morgan fingerprint density at radius 2 is 1.89 bits per heavy atom. The zero-order chi connectivity index (χ0) is 25.7. The summed E-state index contributed by atoms with van der Waals surface area (Å²) in [5, 5.41) is 12.2. The van der Waals surface area contributed by atoms with Gasteiger partial charge < -0.3 is 14.7 Å². The molecule has 35 heavy (non-hydrogen) atoms. The highest BCUT2D eigenvalue weighted by Crippen LogP contribution is 2.45. The molecule has 1 heterocycles. The van der Waals surface area contributed by atoms with Crippen LogP contribution in [0.1, 0.15) is 27.0 Å². The lowest BCUT2D eigenvalue weighted by molar-refractivity contribution is -0.462. The molecule has 0 fully saturated rings. The van der Waals surface area contributed by atoms with E-state index in [0.29, 0.717) is 5.75 Å². The summed E-state index contributed by atoms with van der Waals surface area (Å²) in [6, 6.07) is 9.98. The second-order valence-electron chi connectivity index (χ2n) is 9.71. The quantitative estimate of drug-likeness (QED) is 0.506. The lowest BCUT2D eigenvalue weighted by Gasteiger charge is -2.39. The van der Waals surface area contributed by atoms with Crippen LogP contribution in [0.2, 0.25) is 6.55 Å². The number of aromatic carboxylic acids is 1. The molecule has 2 aromatic rings. The number of allylic oxidation sites excluding steroid dienone is 5. The number of benzene rings is 2. The number of carboxylic acids is 1. The van der Waals surface area contributed by atoms with E-state index in [1.54, 1.807) is 19.2 Å². The molecule has 2 aromatic carbocycles. The van der Waals surface area contributed by atoms with Crippen LogP contribution in [0.5, 0.6) is 5.75 Å². The normalized spacial score (nSPS) is 18.5. The van der Waals surface area contributed by atoms with E-state index in [0.717, 1.165) is 39.2 Å². The van der Waals surface area contributed by atoms with Crippen molar-refractivity contribution in [3.8, 4) is 5.75 Å². The first-order valence-electron chi connectivity index (χ1n) is 11.6. The summed E-state index contributed by atoms with van der Waals surface area (Å²) in [7, 11) is 7.51. The Morgan fingerprint density at radius 3 is 2.46 bits per heavy atom. The number of fused-ring (bicyclic) bond motifs is 2. The number of hydrogen-bond donors (Lipinski definition) is 1. The largest absolute Gasteiger partial charge is 0.496 e. The minimum Gasteiger partial charge on any atom is -0.496 e. The summed E-state index contributed by atoms with van der Waals surface area (Å²) >= 11 is 0. The first-order valence-corrected chi connectivity index (χ1v) is 14.2. The van der Waals surface area contributed by atoms with Crippen LogP contribution in [-0.2, 0) is 0 Å². The summed E-state index contributed by atoms with van der Waals surface area (Å²) in [5.74, 6) is -0.406. The topological polar surface area (TPSA) is 52.8 Å². The van der Waals surface area contributed by atoms with Crippen molar-refractivity contribution in [3.63, 3.8) is 0 Å². The second kappa shape index (κ2) is 8.85. The van der Waals surface area contributed by atoms with Gasteiger partial charge in [0.15, 0.2) is 5.71 Å². The van der Waals surface area contributed by atoms with Gasteiger partial charge in [0.05, 0.1) is 12.7 Å².